The average molecular weight is 803 g/mol. The number of anilines is 2. The van der Waals surface area contributed by atoms with Gasteiger partial charge in [0, 0.05) is 61.2 Å². The number of aliphatic carboxylic acids is 1. The number of fused-ring (bicyclic) bond motifs is 1. The summed E-state index contributed by atoms with van der Waals surface area (Å²) in [6.45, 7) is 5.83. The van der Waals surface area contributed by atoms with E-state index in [1.54, 1.807) is 42.3 Å². The number of hydrogen-bond donors (Lipinski definition) is 2. The molecule has 0 radical (unpaired) electrons. The van der Waals surface area contributed by atoms with Crippen molar-refractivity contribution >= 4 is 74.7 Å². The van der Waals surface area contributed by atoms with E-state index in [-0.39, 0.29) is 65.2 Å². The number of nitrogens with one attached hydrogen (secondary N) is 2. The van der Waals surface area contributed by atoms with E-state index >= 15 is 0 Å². The van der Waals surface area contributed by atoms with E-state index < -0.39 is 11.9 Å². The third-order valence-electron chi connectivity index (χ3n) is 10.5. The van der Waals surface area contributed by atoms with Crippen molar-refractivity contribution in [3.8, 4) is 0 Å². The first-order valence-electron chi connectivity index (χ1n) is 19.4. The molecule has 3 amide bonds. The van der Waals surface area contributed by atoms with Crippen molar-refractivity contribution in [2.75, 3.05) is 30.8 Å². The molecule has 5 rings (SSSR count). The van der Waals surface area contributed by atoms with E-state index in [1.165, 1.54) is 11.3 Å². The number of likely N-dealkylation sites (N-methyl/N-ethyl adjacent to an activating group) is 1. The number of nitrogens with zero attached hydrogens (tertiary/aromatic N) is 2. The van der Waals surface area contributed by atoms with Crippen LogP contribution in [0.5, 0.6) is 0 Å². The van der Waals surface area contributed by atoms with Crippen molar-refractivity contribution in [2.45, 2.75) is 90.6 Å². The average Bonchev–Trinajstić information content (AvgIpc) is 3.57. The zero-order valence-corrected chi connectivity index (χ0v) is 35.3. The molecule has 2 N–H and O–H groups in total. The first-order valence-corrected chi connectivity index (χ1v) is 20.2. The van der Waals surface area contributed by atoms with Crippen LogP contribution in [0.25, 0.3) is 0 Å². The fraction of sp³-hybridized carbons (Fsp3) is 0.386. The van der Waals surface area contributed by atoms with E-state index in [0.717, 1.165) is 78.5 Å². The van der Waals surface area contributed by atoms with Crippen molar-refractivity contribution in [3.05, 3.63) is 117 Å². The number of carboxylic acids is 2. The molecular weight excluding hydrogens is 753 g/mol. The predicted octanol–water partition coefficient (Wildman–Crippen LogP) is 4.88. The van der Waals surface area contributed by atoms with Crippen molar-refractivity contribution in [2.24, 2.45) is 0 Å². The van der Waals surface area contributed by atoms with Gasteiger partial charge in [0.15, 0.2) is 0 Å². The minimum Gasteiger partial charge on any atom is -0.550 e. The Morgan fingerprint density at radius 3 is 2.04 bits per heavy atom. The number of hydrogen-bond acceptors (Lipinski definition) is 9. The van der Waals surface area contributed by atoms with Crippen LogP contribution in [0.2, 0.25) is 0 Å². The quantitative estimate of drug-likeness (QED) is 0.127. The van der Waals surface area contributed by atoms with Crippen molar-refractivity contribution < 1.29 is 34.2 Å². The number of benzene rings is 3. The smallest absolute Gasteiger partial charge is 0.550 e. The van der Waals surface area contributed by atoms with E-state index in [2.05, 4.69) is 29.4 Å². The minimum atomic E-state index is -1.24. The summed E-state index contributed by atoms with van der Waals surface area (Å²) >= 11 is 1.47. The number of carbonyl (C=O) groups excluding carboxylic acids is 5. The van der Waals surface area contributed by atoms with Gasteiger partial charge in [-0.1, -0.05) is 62.4 Å². The fourth-order valence-electron chi connectivity index (χ4n) is 7.16. The Morgan fingerprint density at radius 2 is 1.40 bits per heavy atom. The van der Waals surface area contributed by atoms with Gasteiger partial charge in [0.25, 0.3) is 11.8 Å². The number of carboxylic acid groups (broad SMARTS) is 2. The van der Waals surface area contributed by atoms with Crippen LogP contribution < -0.4 is 20.8 Å². The molecule has 4 aromatic rings. The van der Waals surface area contributed by atoms with Crippen LogP contribution in [0.3, 0.4) is 0 Å². The van der Waals surface area contributed by atoms with Crippen LogP contribution in [-0.2, 0) is 41.8 Å². The maximum absolute atomic E-state index is 13.9. The zero-order chi connectivity index (χ0) is 40.2. The van der Waals surface area contributed by atoms with Gasteiger partial charge in [-0.15, -0.1) is 11.3 Å². The van der Waals surface area contributed by atoms with Crippen LogP contribution in [-0.4, -0.2) is 88.7 Å². The van der Waals surface area contributed by atoms with Crippen molar-refractivity contribution in [1.29, 1.82) is 0 Å². The predicted molar refractivity (Wildman–Crippen MR) is 220 cm³/mol. The number of aryl methyl sites for hydroxylation is 3. The molecular formula is C44H50MgN4O7S. The Labute approximate surface area is 355 Å². The number of carbonyl (C=O) groups is 5. The molecule has 0 saturated carbocycles. The monoisotopic (exact) mass is 802 g/mol. The maximum atomic E-state index is 13.9. The molecule has 13 heteroatoms. The topological polar surface area (TPSA) is 162 Å². The minimum absolute atomic E-state index is 0. The summed E-state index contributed by atoms with van der Waals surface area (Å²) in [5.74, 6) is -3.25. The maximum Gasteiger partial charge on any atom is 2.00 e. The molecule has 0 atom stereocenters. The molecule has 1 aliphatic rings. The molecule has 11 nitrogen and oxygen atoms in total. The summed E-state index contributed by atoms with van der Waals surface area (Å²) in [7, 11) is 1.68. The molecule has 1 heterocycles. The molecule has 3 aromatic carbocycles. The molecule has 0 aliphatic heterocycles. The largest absolute Gasteiger partial charge is 2.00 e. The Morgan fingerprint density at radius 1 is 0.754 bits per heavy atom. The Balaban J connectivity index is 0.00000720. The van der Waals surface area contributed by atoms with Crippen LogP contribution >= 0.6 is 11.3 Å². The summed E-state index contributed by atoms with van der Waals surface area (Å²) in [4.78, 5) is 67.0. The van der Waals surface area contributed by atoms with Gasteiger partial charge in [-0.05, 0) is 110 Å². The standard InChI is InChI=1S/C44H52N4O7S.Mg/c1-4-35(5-2)48(26-25-47(3)38(49)23-24-39(50)51)28-31-9-8-10-33(27-31)41(52)46-43-40(36-11-6-7-12-37(36)56-43)42(53)45-34-21-17-30(18-22-34)14-13-29-15-19-32(20-16-29)44(54)55;/h8-10,15-22,27,35H,4-7,11-14,23-26,28H2,1-3H3,(H,45,53)(H,46,52)(H,50,51)(H,54,55);/q;+2/p-2. The Kier molecular flexibility index (Phi) is 17.3. The third-order valence-corrected chi connectivity index (χ3v) is 11.7. The molecule has 0 spiro atoms. The summed E-state index contributed by atoms with van der Waals surface area (Å²) in [6, 6.07) is 22.1. The van der Waals surface area contributed by atoms with E-state index in [0.29, 0.717) is 41.4 Å². The van der Waals surface area contributed by atoms with Gasteiger partial charge in [-0.2, -0.15) is 0 Å². The van der Waals surface area contributed by atoms with Crippen LogP contribution in [0.15, 0.2) is 72.8 Å². The Bertz CT molecular complexity index is 2010. The molecule has 1 aromatic heterocycles. The van der Waals surface area contributed by atoms with E-state index in [4.69, 9.17) is 0 Å². The second kappa shape index (κ2) is 21.8. The molecule has 296 valence electrons. The van der Waals surface area contributed by atoms with Crippen LogP contribution in [0.4, 0.5) is 10.7 Å². The molecule has 1 aliphatic carbocycles. The molecule has 0 unspecified atom stereocenters. The van der Waals surface area contributed by atoms with E-state index in [9.17, 15) is 34.2 Å². The summed E-state index contributed by atoms with van der Waals surface area (Å²) in [6.07, 6.45) is 6.52. The van der Waals surface area contributed by atoms with Gasteiger partial charge in [-0.3, -0.25) is 19.3 Å². The SMILES string of the molecule is CCC(CC)N(CCN(C)C(=O)CCC(=O)[O-])Cc1cccc(C(=O)Nc2sc3c(c2C(=O)Nc2ccc(CCc4ccc(C(=O)[O-])cc4)cc2)CCCC3)c1.[Mg+2]. The van der Waals surface area contributed by atoms with Gasteiger partial charge >= 0.3 is 23.1 Å². The normalized spacial score (nSPS) is 12.1. The van der Waals surface area contributed by atoms with Crippen molar-refractivity contribution in [1.82, 2.24) is 9.80 Å². The van der Waals surface area contributed by atoms with E-state index in [1.807, 2.05) is 42.5 Å². The zero-order valence-electron chi connectivity index (χ0n) is 33.1. The number of aromatic carboxylic acids is 1. The van der Waals surface area contributed by atoms with Gasteiger partial charge in [0.05, 0.1) is 11.5 Å². The third kappa shape index (κ3) is 12.7. The van der Waals surface area contributed by atoms with Crippen LogP contribution in [0.1, 0.15) is 111 Å². The number of amides is 3. The summed E-state index contributed by atoms with van der Waals surface area (Å²) in [5, 5.41) is 28.5. The number of thiophene rings is 1. The second-order valence-corrected chi connectivity index (χ2v) is 15.4. The van der Waals surface area contributed by atoms with Gasteiger partial charge in [0.2, 0.25) is 5.91 Å². The van der Waals surface area contributed by atoms with Crippen molar-refractivity contribution in [3.63, 3.8) is 0 Å². The fourth-order valence-corrected chi connectivity index (χ4v) is 8.44. The van der Waals surface area contributed by atoms with Gasteiger partial charge in [0.1, 0.15) is 5.00 Å². The van der Waals surface area contributed by atoms with Gasteiger partial charge in [-0.25, -0.2) is 0 Å². The summed E-state index contributed by atoms with van der Waals surface area (Å²) < 4.78 is 0. The number of rotatable bonds is 19. The summed E-state index contributed by atoms with van der Waals surface area (Å²) in [5.41, 5.74) is 5.81. The molecule has 0 fully saturated rings. The molecule has 0 saturated heterocycles. The van der Waals surface area contributed by atoms with Crippen LogP contribution in [0, 0.1) is 0 Å². The molecule has 0 bridgehead atoms. The molecule has 57 heavy (non-hydrogen) atoms. The second-order valence-electron chi connectivity index (χ2n) is 14.3. The van der Waals surface area contributed by atoms with Gasteiger partial charge < -0.3 is 35.3 Å². The first-order chi connectivity index (χ1) is 26.9. The Hall–Kier alpha value is -4.56. The first kappa shape index (κ1) is 45.1.